The lowest BCUT2D eigenvalue weighted by Gasteiger charge is -2.05. The van der Waals surface area contributed by atoms with Crippen LogP contribution in [0.15, 0.2) is 65.7 Å². The highest BCUT2D eigenvalue weighted by atomic mass is 79.9. The molecule has 2 rings (SSSR count). The van der Waals surface area contributed by atoms with E-state index in [1.165, 1.54) is 31.2 Å². The molecule has 0 aliphatic heterocycles. The quantitative estimate of drug-likeness (QED) is 0.264. The van der Waals surface area contributed by atoms with E-state index in [9.17, 15) is 4.79 Å². The van der Waals surface area contributed by atoms with E-state index in [1.54, 1.807) is 0 Å². The molecule has 3 heteroatoms. The van der Waals surface area contributed by atoms with Crippen molar-refractivity contribution in [3.63, 3.8) is 0 Å². The lowest BCUT2D eigenvalue weighted by Crippen LogP contribution is -2.15. The third-order valence-electron chi connectivity index (χ3n) is 4.42. The summed E-state index contributed by atoms with van der Waals surface area (Å²) in [5, 5.41) is 3.42. The molecule has 2 aromatic carbocycles. The lowest BCUT2D eigenvalue weighted by molar-refractivity contribution is 0.103. The molecule has 2 nitrogen and oxygen atoms in total. The van der Waals surface area contributed by atoms with Gasteiger partial charge in [0, 0.05) is 15.6 Å². The van der Waals surface area contributed by atoms with Crippen molar-refractivity contribution < 1.29 is 4.79 Å². The minimum atomic E-state index is 0.0769. The van der Waals surface area contributed by atoms with E-state index in [0.717, 1.165) is 41.5 Å². The zero-order valence-electron chi connectivity index (χ0n) is 15.3. The Morgan fingerprint density at radius 1 is 0.885 bits per heavy atom. The van der Waals surface area contributed by atoms with Crippen molar-refractivity contribution >= 4 is 21.7 Å². The molecule has 0 unspecified atom stereocenters. The number of carbonyl (C=O) groups excluding carboxylic acids is 1. The molecular formula is C23H28BrNO. The average molecular weight is 414 g/mol. The number of nitrogens with one attached hydrogen (secondary N) is 1. The molecule has 0 bridgehead atoms. The summed E-state index contributed by atoms with van der Waals surface area (Å²) in [6, 6.07) is 15.6. The molecule has 0 saturated heterocycles. The first-order valence-corrected chi connectivity index (χ1v) is 10.2. The summed E-state index contributed by atoms with van der Waals surface area (Å²) < 4.78 is 0.983. The van der Waals surface area contributed by atoms with Crippen LogP contribution >= 0.6 is 15.9 Å². The normalized spacial score (nSPS) is 10.7. The Morgan fingerprint density at radius 2 is 1.50 bits per heavy atom. The van der Waals surface area contributed by atoms with Crippen LogP contribution in [0, 0.1) is 0 Å². The topological polar surface area (TPSA) is 29.1 Å². The molecule has 0 spiro atoms. The van der Waals surface area contributed by atoms with Gasteiger partial charge in [-0.05, 0) is 68.6 Å². The van der Waals surface area contributed by atoms with E-state index in [1.807, 2.05) is 42.5 Å². The first-order chi connectivity index (χ1) is 12.7. The van der Waals surface area contributed by atoms with E-state index in [-0.39, 0.29) is 5.78 Å². The summed E-state index contributed by atoms with van der Waals surface area (Å²) >= 11 is 3.40. The molecule has 0 amide bonds. The maximum Gasteiger partial charge on any atom is 0.193 e. The number of halogens is 1. The molecule has 0 heterocycles. The Balaban J connectivity index is 1.68. The van der Waals surface area contributed by atoms with Gasteiger partial charge in [0.25, 0.3) is 0 Å². The van der Waals surface area contributed by atoms with Crippen molar-refractivity contribution in [1.82, 2.24) is 5.32 Å². The van der Waals surface area contributed by atoms with Crippen LogP contribution in [-0.2, 0) is 6.42 Å². The van der Waals surface area contributed by atoms with Crippen LogP contribution in [0.25, 0.3) is 0 Å². The van der Waals surface area contributed by atoms with E-state index in [4.69, 9.17) is 0 Å². The Morgan fingerprint density at radius 3 is 2.15 bits per heavy atom. The SMILES string of the molecule is C=CCCNCCCCCCc1ccc(C(=O)c2ccc(Br)cc2)cc1. The number of aryl methyl sites for hydroxylation is 1. The van der Waals surface area contributed by atoms with Crippen molar-refractivity contribution in [3.8, 4) is 0 Å². The molecule has 0 atom stereocenters. The minimum Gasteiger partial charge on any atom is -0.316 e. The van der Waals surface area contributed by atoms with Gasteiger partial charge in [0.2, 0.25) is 0 Å². The fourth-order valence-electron chi connectivity index (χ4n) is 2.85. The maximum absolute atomic E-state index is 12.5. The highest BCUT2D eigenvalue weighted by Crippen LogP contribution is 2.16. The second-order valence-electron chi connectivity index (χ2n) is 6.52. The summed E-state index contributed by atoms with van der Waals surface area (Å²) in [4.78, 5) is 12.5. The monoisotopic (exact) mass is 413 g/mol. The molecule has 1 N–H and O–H groups in total. The second-order valence-corrected chi connectivity index (χ2v) is 7.44. The fraction of sp³-hybridized carbons (Fsp3) is 0.348. The minimum absolute atomic E-state index is 0.0769. The molecule has 0 aliphatic carbocycles. The Labute approximate surface area is 165 Å². The van der Waals surface area contributed by atoms with Crippen LogP contribution in [0.4, 0.5) is 0 Å². The van der Waals surface area contributed by atoms with E-state index in [2.05, 4.69) is 40.0 Å². The number of rotatable bonds is 12. The Kier molecular flexibility index (Phi) is 9.36. The smallest absolute Gasteiger partial charge is 0.193 e. The molecule has 26 heavy (non-hydrogen) atoms. The standard InChI is InChI=1S/C23H28BrNO/c1-2-3-17-25-18-7-5-4-6-8-19-9-11-20(12-10-19)23(26)21-13-15-22(24)16-14-21/h2,9-16,25H,1,3-8,17-18H2. The van der Waals surface area contributed by atoms with Crippen molar-refractivity contribution in [2.24, 2.45) is 0 Å². The van der Waals surface area contributed by atoms with Crippen LogP contribution in [0.3, 0.4) is 0 Å². The van der Waals surface area contributed by atoms with Crippen LogP contribution < -0.4 is 5.32 Å². The van der Waals surface area contributed by atoms with Gasteiger partial charge < -0.3 is 5.32 Å². The van der Waals surface area contributed by atoms with Gasteiger partial charge in [-0.25, -0.2) is 0 Å². The van der Waals surface area contributed by atoms with Crippen LogP contribution in [0.1, 0.15) is 53.6 Å². The third kappa shape index (κ3) is 7.27. The summed E-state index contributed by atoms with van der Waals surface area (Å²) in [6.45, 7) is 5.86. The summed E-state index contributed by atoms with van der Waals surface area (Å²) in [5.41, 5.74) is 2.78. The third-order valence-corrected chi connectivity index (χ3v) is 4.95. The molecule has 138 valence electrons. The zero-order valence-corrected chi connectivity index (χ0v) is 16.9. The summed E-state index contributed by atoms with van der Waals surface area (Å²) in [6.07, 6.45) is 9.02. The molecule has 0 radical (unpaired) electrons. The highest BCUT2D eigenvalue weighted by molar-refractivity contribution is 9.10. The number of benzene rings is 2. The first-order valence-electron chi connectivity index (χ1n) is 9.41. The zero-order chi connectivity index (χ0) is 18.6. The number of hydrogen-bond acceptors (Lipinski definition) is 2. The average Bonchev–Trinajstić information content (AvgIpc) is 2.67. The molecule has 0 aliphatic rings. The molecular weight excluding hydrogens is 386 g/mol. The number of hydrogen-bond donors (Lipinski definition) is 1. The maximum atomic E-state index is 12.5. The van der Waals surface area contributed by atoms with Gasteiger partial charge in [-0.2, -0.15) is 0 Å². The van der Waals surface area contributed by atoms with Crippen LogP contribution in [-0.4, -0.2) is 18.9 Å². The van der Waals surface area contributed by atoms with Crippen molar-refractivity contribution in [3.05, 3.63) is 82.3 Å². The molecule has 0 fully saturated rings. The van der Waals surface area contributed by atoms with Gasteiger partial charge in [0.1, 0.15) is 0 Å². The summed E-state index contributed by atoms with van der Waals surface area (Å²) in [5.74, 6) is 0.0769. The number of unbranched alkanes of at least 4 members (excludes halogenated alkanes) is 3. The van der Waals surface area contributed by atoms with Gasteiger partial charge >= 0.3 is 0 Å². The van der Waals surface area contributed by atoms with E-state index >= 15 is 0 Å². The van der Waals surface area contributed by atoms with Gasteiger partial charge in [-0.15, -0.1) is 6.58 Å². The predicted molar refractivity (Wildman–Crippen MR) is 114 cm³/mol. The number of ketones is 1. The predicted octanol–water partition coefficient (Wildman–Crippen LogP) is 5.95. The molecule has 0 aromatic heterocycles. The Hall–Kier alpha value is -1.71. The van der Waals surface area contributed by atoms with E-state index in [0.29, 0.717) is 0 Å². The summed E-state index contributed by atoms with van der Waals surface area (Å²) in [7, 11) is 0. The van der Waals surface area contributed by atoms with Crippen molar-refractivity contribution in [1.29, 1.82) is 0 Å². The lowest BCUT2D eigenvalue weighted by atomic mass is 10.00. The highest BCUT2D eigenvalue weighted by Gasteiger charge is 2.08. The molecule has 2 aromatic rings. The fourth-order valence-corrected chi connectivity index (χ4v) is 3.12. The molecule has 0 saturated carbocycles. The van der Waals surface area contributed by atoms with Crippen molar-refractivity contribution in [2.75, 3.05) is 13.1 Å². The first kappa shape index (κ1) is 20.6. The van der Waals surface area contributed by atoms with Gasteiger partial charge in [0.15, 0.2) is 5.78 Å². The largest absolute Gasteiger partial charge is 0.316 e. The van der Waals surface area contributed by atoms with E-state index < -0.39 is 0 Å². The second kappa shape index (κ2) is 11.8. The van der Waals surface area contributed by atoms with Gasteiger partial charge in [-0.3, -0.25) is 4.79 Å². The number of carbonyl (C=O) groups is 1. The van der Waals surface area contributed by atoms with Crippen molar-refractivity contribution in [2.45, 2.75) is 38.5 Å². The van der Waals surface area contributed by atoms with Crippen LogP contribution in [0.5, 0.6) is 0 Å². The van der Waals surface area contributed by atoms with Gasteiger partial charge in [-0.1, -0.05) is 59.1 Å². The van der Waals surface area contributed by atoms with Gasteiger partial charge in [0.05, 0.1) is 0 Å². The Bertz CT molecular complexity index is 676. The van der Waals surface area contributed by atoms with Crippen LogP contribution in [0.2, 0.25) is 0 Å².